The van der Waals surface area contributed by atoms with Gasteiger partial charge < -0.3 is 11.1 Å². The molecule has 0 amide bonds. The third-order valence-corrected chi connectivity index (χ3v) is 1.91. The van der Waals surface area contributed by atoms with Crippen LogP contribution in [0.1, 0.15) is 18.9 Å². The summed E-state index contributed by atoms with van der Waals surface area (Å²) in [6.07, 6.45) is -3.60. The van der Waals surface area contributed by atoms with Crippen LogP contribution in [0.5, 0.6) is 0 Å². The maximum absolute atomic E-state index is 12.6. The molecular weight excluding hydrogens is 205 g/mol. The van der Waals surface area contributed by atoms with Gasteiger partial charge in [-0.3, -0.25) is 0 Å². The molecule has 0 aliphatic heterocycles. The zero-order chi connectivity index (χ0) is 11.5. The highest BCUT2D eigenvalue weighted by atomic mass is 19.4. The Kier molecular flexibility index (Phi) is 3.44. The molecule has 0 saturated heterocycles. The first-order valence-electron chi connectivity index (χ1n) is 4.65. The fourth-order valence-corrected chi connectivity index (χ4v) is 1.21. The fraction of sp³-hybridized carbons (Fsp3) is 0.400. The molecule has 2 nitrogen and oxygen atoms in total. The smallest absolute Gasteiger partial charge is 0.399 e. The van der Waals surface area contributed by atoms with Crippen molar-refractivity contribution in [3.05, 3.63) is 23.8 Å². The minimum absolute atomic E-state index is 0.0820. The van der Waals surface area contributed by atoms with Crippen molar-refractivity contribution in [3.63, 3.8) is 0 Å². The number of nitrogen functional groups attached to an aromatic ring is 1. The zero-order valence-corrected chi connectivity index (χ0v) is 8.36. The maximum Gasteiger partial charge on any atom is 0.418 e. The van der Waals surface area contributed by atoms with Crippen molar-refractivity contribution in [2.45, 2.75) is 19.5 Å². The molecule has 84 valence electrons. The Morgan fingerprint density at radius 1 is 1.33 bits per heavy atom. The summed E-state index contributed by atoms with van der Waals surface area (Å²) >= 11 is 0. The normalized spacial score (nSPS) is 11.5. The first-order valence-corrected chi connectivity index (χ1v) is 4.65. The molecule has 0 aliphatic carbocycles. The van der Waals surface area contributed by atoms with Gasteiger partial charge in [-0.15, -0.1) is 0 Å². The van der Waals surface area contributed by atoms with Crippen LogP contribution >= 0.6 is 0 Å². The van der Waals surface area contributed by atoms with E-state index in [1.807, 2.05) is 6.92 Å². The average molecular weight is 218 g/mol. The average Bonchev–Trinajstić information content (AvgIpc) is 2.14. The highest BCUT2D eigenvalue weighted by Crippen LogP contribution is 2.35. The van der Waals surface area contributed by atoms with Gasteiger partial charge in [0.1, 0.15) is 0 Å². The second kappa shape index (κ2) is 4.42. The number of anilines is 2. The van der Waals surface area contributed by atoms with E-state index < -0.39 is 11.7 Å². The maximum atomic E-state index is 12.6. The van der Waals surface area contributed by atoms with Crippen LogP contribution in [-0.2, 0) is 6.18 Å². The molecule has 0 heterocycles. The lowest BCUT2D eigenvalue weighted by molar-refractivity contribution is -0.136. The van der Waals surface area contributed by atoms with Gasteiger partial charge in [-0.25, -0.2) is 0 Å². The van der Waals surface area contributed by atoms with Crippen molar-refractivity contribution >= 4 is 11.4 Å². The molecule has 0 atom stereocenters. The third kappa shape index (κ3) is 3.04. The summed E-state index contributed by atoms with van der Waals surface area (Å²) in [4.78, 5) is 0. The summed E-state index contributed by atoms with van der Waals surface area (Å²) in [5, 5.41) is 2.72. The highest BCUT2D eigenvalue weighted by molar-refractivity contribution is 5.59. The van der Waals surface area contributed by atoms with E-state index in [1.165, 1.54) is 12.1 Å². The van der Waals surface area contributed by atoms with Crippen LogP contribution in [0, 0.1) is 0 Å². The SMILES string of the molecule is CCCNc1ccc(N)cc1C(F)(F)F. The van der Waals surface area contributed by atoms with Crippen molar-refractivity contribution in [1.29, 1.82) is 0 Å². The molecule has 0 radical (unpaired) electrons. The predicted molar refractivity (Wildman–Crippen MR) is 54.6 cm³/mol. The van der Waals surface area contributed by atoms with E-state index in [2.05, 4.69) is 5.32 Å². The van der Waals surface area contributed by atoms with Gasteiger partial charge in [0.15, 0.2) is 0 Å². The first kappa shape index (κ1) is 11.7. The number of hydrogen-bond donors (Lipinski definition) is 2. The Morgan fingerprint density at radius 3 is 2.53 bits per heavy atom. The van der Waals surface area contributed by atoms with Crippen LogP contribution in [0.3, 0.4) is 0 Å². The van der Waals surface area contributed by atoms with Crippen LogP contribution in [-0.4, -0.2) is 6.54 Å². The van der Waals surface area contributed by atoms with E-state index in [-0.39, 0.29) is 11.4 Å². The molecule has 0 aromatic heterocycles. The molecule has 0 spiro atoms. The van der Waals surface area contributed by atoms with Gasteiger partial charge in [-0.05, 0) is 24.6 Å². The van der Waals surface area contributed by atoms with Gasteiger partial charge in [0, 0.05) is 17.9 Å². The third-order valence-electron chi connectivity index (χ3n) is 1.91. The molecule has 0 saturated carbocycles. The zero-order valence-electron chi connectivity index (χ0n) is 8.36. The summed E-state index contributed by atoms with van der Waals surface area (Å²) in [7, 11) is 0. The number of nitrogens with one attached hydrogen (secondary N) is 1. The van der Waals surface area contributed by atoms with Crippen molar-refractivity contribution in [2.75, 3.05) is 17.6 Å². The van der Waals surface area contributed by atoms with Crippen molar-refractivity contribution < 1.29 is 13.2 Å². The topological polar surface area (TPSA) is 38.0 Å². The molecule has 1 rings (SSSR count). The lowest BCUT2D eigenvalue weighted by atomic mass is 10.1. The summed E-state index contributed by atoms with van der Waals surface area (Å²) in [5.74, 6) is 0. The number of benzene rings is 1. The first-order chi connectivity index (χ1) is 6.95. The Hall–Kier alpha value is -1.39. The number of rotatable bonds is 3. The number of halogens is 3. The molecule has 1 aromatic rings. The van der Waals surface area contributed by atoms with Gasteiger partial charge in [0.05, 0.1) is 5.56 Å². The molecule has 15 heavy (non-hydrogen) atoms. The minimum atomic E-state index is -4.37. The fourth-order valence-electron chi connectivity index (χ4n) is 1.21. The second-order valence-corrected chi connectivity index (χ2v) is 3.23. The van der Waals surface area contributed by atoms with Crippen molar-refractivity contribution in [2.24, 2.45) is 0 Å². The van der Waals surface area contributed by atoms with E-state index in [0.717, 1.165) is 12.5 Å². The van der Waals surface area contributed by atoms with Gasteiger partial charge in [-0.1, -0.05) is 6.92 Å². The summed E-state index contributed by atoms with van der Waals surface area (Å²) < 4.78 is 37.7. The van der Waals surface area contributed by atoms with Gasteiger partial charge in [0.2, 0.25) is 0 Å². The standard InChI is InChI=1S/C10H13F3N2/c1-2-5-15-9-4-3-7(14)6-8(9)10(11,12)13/h3-4,6,15H,2,5,14H2,1H3. The van der Waals surface area contributed by atoms with Crippen LogP contribution in [0.15, 0.2) is 18.2 Å². The minimum Gasteiger partial charge on any atom is -0.399 e. The highest BCUT2D eigenvalue weighted by Gasteiger charge is 2.33. The number of alkyl halides is 3. The Balaban J connectivity index is 3.04. The molecule has 3 N–H and O–H groups in total. The lowest BCUT2D eigenvalue weighted by Gasteiger charge is -2.14. The predicted octanol–water partition coefficient (Wildman–Crippen LogP) is 3.11. The van der Waals surface area contributed by atoms with Crippen LogP contribution in [0.25, 0.3) is 0 Å². The Bertz CT molecular complexity index is 334. The van der Waals surface area contributed by atoms with Gasteiger partial charge in [-0.2, -0.15) is 13.2 Å². The van der Waals surface area contributed by atoms with Gasteiger partial charge in [0.25, 0.3) is 0 Å². The molecule has 0 aliphatic rings. The Labute approximate surface area is 86.3 Å². The van der Waals surface area contributed by atoms with E-state index in [9.17, 15) is 13.2 Å². The van der Waals surface area contributed by atoms with E-state index in [1.54, 1.807) is 0 Å². The molecular formula is C10H13F3N2. The van der Waals surface area contributed by atoms with Crippen molar-refractivity contribution in [1.82, 2.24) is 0 Å². The number of nitrogens with two attached hydrogens (primary N) is 1. The quantitative estimate of drug-likeness (QED) is 0.765. The van der Waals surface area contributed by atoms with Crippen molar-refractivity contribution in [3.8, 4) is 0 Å². The molecule has 5 heteroatoms. The summed E-state index contributed by atoms with van der Waals surface area (Å²) in [6, 6.07) is 3.75. The molecule has 0 bridgehead atoms. The van der Waals surface area contributed by atoms with Crippen LogP contribution in [0.4, 0.5) is 24.5 Å². The monoisotopic (exact) mass is 218 g/mol. The molecule has 1 aromatic carbocycles. The Morgan fingerprint density at radius 2 is 2.00 bits per heavy atom. The van der Waals surface area contributed by atoms with E-state index >= 15 is 0 Å². The van der Waals surface area contributed by atoms with Crippen LogP contribution in [0.2, 0.25) is 0 Å². The lowest BCUT2D eigenvalue weighted by Crippen LogP contribution is -2.11. The van der Waals surface area contributed by atoms with E-state index in [4.69, 9.17) is 5.73 Å². The molecule has 0 fully saturated rings. The molecule has 0 unspecified atom stereocenters. The summed E-state index contributed by atoms with van der Waals surface area (Å²) in [6.45, 7) is 2.39. The second-order valence-electron chi connectivity index (χ2n) is 3.23. The summed E-state index contributed by atoms with van der Waals surface area (Å²) in [5.41, 5.74) is 4.81. The van der Waals surface area contributed by atoms with Gasteiger partial charge >= 0.3 is 6.18 Å². The van der Waals surface area contributed by atoms with E-state index in [0.29, 0.717) is 6.54 Å². The van der Waals surface area contributed by atoms with Crippen LogP contribution < -0.4 is 11.1 Å². The largest absolute Gasteiger partial charge is 0.418 e. The number of hydrogen-bond acceptors (Lipinski definition) is 2.